The summed E-state index contributed by atoms with van der Waals surface area (Å²) in [5.41, 5.74) is 14.7. The van der Waals surface area contributed by atoms with Gasteiger partial charge in [-0.1, -0.05) is 87.2 Å². The summed E-state index contributed by atoms with van der Waals surface area (Å²) in [7, 11) is 0. The minimum atomic E-state index is -0.142. The van der Waals surface area contributed by atoms with Crippen molar-refractivity contribution in [1.29, 1.82) is 0 Å². The number of fused-ring (bicyclic) bond motifs is 9. The van der Waals surface area contributed by atoms with E-state index in [-0.39, 0.29) is 5.41 Å². The van der Waals surface area contributed by atoms with Gasteiger partial charge in [0.1, 0.15) is 11.2 Å². The lowest BCUT2D eigenvalue weighted by Crippen LogP contribution is -2.16. The molecule has 0 radical (unpaired) electrons. The Labute approximate surface area is 260 Å². The third-order valence-electron chi connectivity index (χ3n) is 9.71. The van der Waals surface area contributed by atoms with E-state index in [2.05, 4.69) is 133 Å². The molecule has 0 bridgehead atoms. The topological polar surface area (TPSA) is 35.4 Å². The van der Waals surface area contributed by atoms with Crippen LogP contribution >= 0.6 is 0 Å². The van der Waals surface area contributed by atoms with Crippen LogP contribution in [0.3, 0.4) is 0 Å². The van der Waals surface area contributed by atoms with E-state index in [9.17, 15) is 0 Å². The van der Waals surface area contributed by atoms with Crippen LogP contribution in [0.5, 0.6) is 0 Å². The van der Waals surface area contributed by atoms with Crippen LogP contribution in [0.15, 0.2) is 138 Å². The van der Waals surface area contributed by atoms with Crippen LogP contribution in [0.1, 0.15) is 31.9 Å². The maximum Gasteiger partial charge on any atom is 0.220 e. The molecule has 4 nitrogen and oxygen atoms in total. The highest BCUT2D eigenvalue weighted by Gasteiger charge is 2.36. The number of allylic oxidation sites excluding steroid dienone is 5. The van der Waals surface area contributed by atoms with Crippen molar-refractivity contribution in [3.8, 4) is 16.8 Å². The van der Waals surface area contributed by atoms with E-state index < -0.39 is 0 Å². The van der Waals surface area contributed by atoms with Crippen LogP contribution in [0.25, 0.3) is 72.2 Å². The molecule has 5 aromatic carbocycles. The molecule has 0 N–H and O–H groups in total. The highest BCUT2D eigenvalue weighted by atomic mass is 16.3. The molecule has 0 saturated heterocycles. The Hall–Kier alpha value is -5.61. The summed E-state index contributed by atoms with van der Waals surface area (Å²) in [5, 5.41) is 2.26. The van der Waals surface area contributed by atoms with Crippen molar-refractivity contribution in [3.63, 3.8) is 0 Å². The third kappa shape index (κ3) is 3.57. The zero-order valence-corrected chi connectivity index (χ0v) is 25.5. The number of nitrogens with zero attached hydrogens (tertiary/aromatic N) is 3. The summed E-state index contributed by atoms with van der Waals surface area (Å²) in [6, 6.07) is 36.7. The fraction of sp³-hybridized carbons (Fsp3) is 0.0976. The second-order valence-electron chi connectivity index (χ2n) is 12.6. The average molecular weight is 582 g/mol. The van der Waals surface area contributed by atoms with Crippen LogP contribution < -0.4 is 0 Å². The second-order valence-corrected chi connectivity index (χ2v) is 12.6. The number of furan rings is 1. The molecule has 0 atom stereocenters. The molecule has 0 aliphatic heterocycles. The lowest BCUT2D eigenvalue weighted by atomic mass is 9.81. The summed E-state index contributed by atoms with van der Waals surface area (Å²) in [6.07, 6.45) is 6.11. The molecule has 0 spiro atoms. The zero-order valence-electron chi connectivity index (χ0n) is 25.5. The van der Waals surface area contributed by atoms with E-state index >= 15 is 0 Å². The second kappa shape index (κ2) is 9.20. The van der Waals surface area contributed by atoms with Gasteiger partial charge in [-0.15, -0.1) is 0 Å². The van der Waals surface area contributed by atoms with Gasteiger partial charge in [-0.05, 0) is 94.9 Å². The first-order valence-electron chi connectivity index (χ1n) is 15.4. The molecule has 8 aromatic rings. The predicted molar refractivity (Wildman–Crippen MR) is 187 cm³/mol. The highest BCUT2D eigenvalue weighted by Crippen LogP contribution is 2.48. The number of para-hydroxylation sites is 3. The molecule has 45 heavy (non-hydrogen) atoms. The molecule has 3 aromatic heterocycles. The molecule has 0 amide bonds. The van der Waals surface area contributed by atoms with Gasteiger partial charge in [0.25, 0.3) is 0 Å². The molecular formula is C41H31N3O. The molecule has 0 fully saturated rings. The van der Waals surface area contributed by atoms with Gasteiger partial charge < -0.3 is 4.42 Å². The van der Waals surface area contributed by atoms with E-state index in [1.807, 2.05) is 24.3 Å². The number of hydrogen-bond donors (Lipinski definition) is 0. The Bertz CT molecular complexity index is 2600. The van der Waals surface area contributed by atoms with Crippen molar-refractivity contribution < 1.29 is 4.42 Å². The summed E-state index contributed by atoms with van der Waals surface area (Å²) < 4.78 is 10.8. The van der Waals surface area contributed by atoms with Gasteiger partial charge in [0.05, 0.1) is 22.1 Å². The molecule has 216 valence electrons. The van der Waals surface area contributed by atoms with Gasteiger partial charge in [0, 0.05) is 21.9 Å². The van der Waals surface area contributed by atoms with Crippen molar-refractivity contribution in [2.45, 2.75) is 26.2 Å². The van der Waals surface area contributed by atoms with Gasteiger partial charge in [-0.25, -0.2) is 4.98 Å². The predicted octanol–water partition coefficient (Wildman–Crippen LogP) is 10.8. The van der Waals surface area contributed by atoms with Crippen molar-refractivity contribution >= 4 is 55.4 Å². The first-order valence-corrected chi connectivity index (χ1v) is 15.4. The SMILES string of the molecule is C=C/C=C\C1=C(C)c2cc3c(cc2C1(C)C)n(-c1cccc(-c2ccc4oc5ccccc5c4c2)c1)c1nc2ccccc2n31. The Kier molecular flexibility index (Phi) is 5.28. The van der Waals surface area contributed by atoms with Crippen LogP contribution in [-0.4, -0.2) is 14.0 Å². The Morgan fingerprint density at radius 1 is 0.756 bits per heavy atom. The van der Waals surface area contributed by atoms with E-state index in [4.69, 9.17) is 9.40 Å². The van der Waals surface area contributed by atoms with Crippen LogP contribution in [0, 0.1) is 0 Å². The van der Waals surface area contributed by atoms with Crippen LogP contribution in [0.2, 0.25) is 0 Å². The zero-order chi connectivity index (χ0) is 30.4. The third-order valence-corrected chi connectivity index (χ3v) is 9.71. The van der Waals surface area contributed by atoms with Crippen molar-refractivity contribution in [1.82, 2.24) is 14.0 Å². The standard InChI is InChI=1S/C41H31N3O/c1-5-6-15-32-25(2)30-23-36-37(24-33(30)41(32,3)4)43(40-42-34-16-8-9-17-35(34)44(36)40)28-13-11-12-26(21-28)27-19-20-39-31(22-27)29-14-7-10-18-38(29)45-39/h5-24H,1H2,2-4H3/b15-6-. The molecule has 4 heteroatoms. The smallest absolute Gasteiger partial charge is 0.220 e. The van der Waals surface area contributed by atoms with E-state index in [0.717, 1.165) is 66.6 Å². The van der Waals surface area contributed by atoms with Crippen molar-refractivity contribution in [3.05, 3.63) is 145 Å². The van der Waals surface area contributed by atoms with Gasteiger partial charge >= 0.3 is 0 Å². The lowest BCUT2D eigenvalue weighted by Gasteiger charge is -2.23. The molecule has 0 unspecified atom stereocenters. The van der Waals surface area contributed by atoms with E-state index in [1.54, 1.807) is 0 Å². The fourth-order valence-corrected chi connectivity index (χ4v) is 7.51. The largest absolute Gasteiger partial charge is 0.456 e. The number of aromatic nitrogens is 3. The Morgan fingerprint density at radius 3 is 2.44 bits per heavy atom. The lowest BCUT2D eigenvalue weighted by molar-refractivity contribution is 0.654. The monoisotopic (exact) mass is 581 g/mol. The molecule has 3 heterocycles. The van der Waals surface area contributed by atoms with Gasteiger partial charge in [0.15, 0.2) is 0 Å². The maximum atomic E-state index is 6.11. The van der Waals surface area contributed by atoms with E-state index in [0.29, 0.717) is 0 Å². The number of benzene rings is 5. The van der Waals surface area contributed by atoms with Crippen molar-refractivity contribution in [2.24, 2.45) is 0 Å². The van der Waals surface area contributed by atoms with Crippen LogP contribution in [0.4, 0.5) is 0 Å². The fourth-order valence-electron chi connectivity index (χ4n) is 7.51. The molecule has 9 rings (SSSR count). The Morgan fingerprint density at radius 2 is 1.56 bits per heavy atom. The summed E-state index contributed by atoms with van der Waals surface area (Å²) in [5.74, 6) is 0.912. The summed E-state index contributed by atoms with van der Waals surface area (Å²) in [6.45, 7) is 10.8. The number of imidazole rings is 2. The van der Waals surface area contributed by atoms with Gasteiger partial charge in [-0.3, -0.25) is 8.97 Å². The van der Waals surface area contributed by atoms with Crippen LogP contribution in [-0.2, 0) is 5.41 Å². The van der Waals surface area contributed by atoms with Crippen molar-refractivity contribution in [2.75, 3.05) is 0 Å². The molecule has 1 aliphatic carbocycles. The summed E-state index contributed by atoms with van der Waals surface area (Å²) in [4.78, 5) is 5.19. The number of rotatable bonds is 4. The number of hydrogen-bond acceptors (Lipinski definition) is 2. The summed E-state index contributed by atoms with van der Waals surface area (Å²) >= 11 is 0. The minimum Gasteiger partial charge on any atom is -0.456 e. The molecular weight excluding hydrogens is 550 g/mol. The molecule has 0 saturated carbocycles. The quantitative estimate of drug-likeness (QED) is 0.194. The van der Waals surface area contributed by atoms with E-state index in [1.165, 1.54) is 22.3 Å². The minimum absolute atomic E-state index is 0.142. The maximum absolute atomic E-state index is 6.11. The van der Waals surface area contributed by atoms with Gasteiger partial charge in [0.2, 0.25) is 5.78 Å². The normalized spacial score (nSPS) is 14.6. The highest BCUT2D eigenvalue weighted by molar-refractivity contribution is 6.06. The first kappa shape index (κ1) is 25.8. The average Bonchev–Trinajstić information content (AvgIpc) is 3.75. The van der Waals surface area contributed by atoms with Gasteiger partial charge in [-0.2, -0.15) is 0 Å². The Balaban J connectivity index is 1.30. The molecule has 1 aliphatic rings. The first-order chi connectivity index (χ1) is 21.9.